The molecule has 5 nitrogen and oxygen atoms in total. The number of amides is 1. The number of thiazole rings is 1. The molecule has 1 aromatic heterocycles. The van der Waals surface area contributed by atoms with Gasteiger partial charge in [0.05, 0.1) is 5.01 Å². The molecule has 0 saturated carbocycles. The highest BCUT2D eigenvalue weighted by Crippen LogP contribution is 2.15. The van der Waals surface area contributed by atoms with Crippen LogP contribution >= 0.6 is 36.2 Å². The van der Waals surface area contributed by atoms with Crippen LogP contribution in [0.3, 0.4) is 0 Å². The summed E-state index contributed by atoms with van der Waals surface area (Å²) in [5, 5.41) is 5.69. The van der Waals surface area contributed by atoms with Crippen molar-refractivity contribution in [2.24, 2.45) is 11.7 Å². The predicted molar refractivity (Wildman–Crippen MR) is 96.5 cm³/mol. The van der Waals surface area contributed by atoms with E-state index in [9.17, 15) is 4.79 Å². The number of aromatic nitrogens is 1. The van der Waals surface area contributed by atoms with E-state index in [0.29, 0.717) is 18.8 Å². The van der Waals surface area contributed by atoms with E-state index in [4.69, 9.17) is 5.73 Å². The first kappa shape index (κ1) is 21.6. The van der Waals surface area contributed by atoms with E-state index in [2.05, 4.69) is 22.1 Å². The monoisotopic (exact) mass is 368 g/mol. The Labute approximate surface area is 148 Å². The van der Waals surface area contributed by atoms with Crippen molar-refractivity contribution in [2.75, 3.05) is 32.7 Å². The van der Waals surface area contributed by atoms with E-state index in [-0.39, 0.29) is 30.7 Å². The van der Waals surface area contributed by atoms with Crippen molar-refractivity contribution in [1.82, 2.24) is 15.2 Å². The minimum Gasteiger partial charge on any atom is -0.349 e. The molecule has 0 bridgehead atoms. The third-order valence-electron chi connectivity index (χ3n) is 3.73. The van der Waals surface area contributed by atoms with E-state index in [0.717, 1.165) is 37.0 Å². The molecule has 8 heteroatoms. The lowest BCUT2D eigenvalue weighted by Gasteiger charge is -2.30. The van der Waals surface area contributed by atoms with Gasteiger partial charge in [-0.1, -0.05) is 6.92 Å². The summed E-state index contributed by atoms with van der Waals surface area (Å²) < 4.78 is 0. The minimum atomic E-state index is -0.0742. The maximum Gasteiger partial charge on any atom is 0.270 e. The average Bonchev–Trinajstić information content (AvgIpc) is 2.90. The molecule has 1 aliphatic rings. The molecule has 0 radical (unpaired) electrons. The third kappa shape index (κ3) is 6.79. The Morgan fingerprint density at radius 3 is 2.77 bits per heavy atom. The van der Waals surface area contributed by atoms with E-state index < -0.39 is 0 Å². The fourth-order valence-corrected chi connectivity index (χ4v) is 3.15. The highest BCUT2D eigenvalue weighted by Gasteiger charge is 2.16. The Bertz CT molecular complexity index is 436. The van der Waals surface area contributed by atoms with Crippen LogP contribution in [0.1, 0.15) is 35.3 Å². The number of nitrogens with one attached hydrogen (secondary N) is 1. The van der Waals surface area contributed by atoms with Crippen LogP contribution in [0.15, 0.2) is 5.38 Å². The number of likely N-dealkylation sites (tertiary alicyclic amines) is 1. The summed E-state index contributed by atoms with van der Waals surface area (Å²) in [4.78, 5) is 18.6. The molecular weight excluding hydrogens is 343 g/mol. The average molecular weight is 369 g/mol. The topological polar surface area (TPSA) is 71.2 Å². The summed E-state index contributed by atoms with van der Waals surface area (Å²) in [7, 11) is 0. The summed E-state index contributed by atoms with van der Waals surface area (Å²) in [6, 6.07) is 0. The Morgan fingerprint density at radius 2 is 2.14 bits per heavy atom. The molecule has 1 amide bonds. The molecule has 1 saturated heterocycles. The fraction of sp³-hybridized carbons (Fsp3) is 0.714. The second kappa shape index (κ2) is 11.2. The molecule has 1 aliphatic heterocycles. The first-order valence-electron chi connectivity index (χ1n) is 7.34. The van der Waals surface area contributed by atoms with Crippen molar-refractivity contribution in [3.63, 3.8) is 0 Å². The predicted octanol–water partition coefficient (Wildman–Crippen LogP) is 1.95. The molecule has 1 aromatic rings. The molecule has 0 aromatic carbocycles. The number of carbonyl (C=O) groups excluding carboxylic acids is 1. The van der Waals surface area contributed by atoms with Crippen LogP contribution in [0.4, 0.5) is 0 Å². The molecule has 0 aliphatic carbocycles. The molecule has 3 N–H and O–H groups in total. The van der Waals surface area contributed by atoms with Crippen LogP contribution in [0, 0.1) is 5.92 Å². The van der Waals surface area contributed by atoms with Crippen molar-refractivity contribution in [3.05, 3.63) is 16.1 Å². The molecule has 1 fully saturated rings. The number of piperidine rings is 1. The first-order chi connectivity index (χ1) is 9.69. The molecule has 0 unspecified atom stereocenters. The first-order valence-corrected chi connectivity index (χ1v) is 8.22. The number of carbonyl (C=O) groups is 1. The molecule has 2 rings (SSSR count). The van der Waals surface area contributed by atoms with Crippen molar-refractivity contribution in [3.8, 4) is 0 Å². The van der Waals surface area contributed by atoms with Gasteiger partial charge in [-0.3, -0.25) is 4.79 Å². The van der Waals surface area contributed by atoms with Gasteiger partial charge in [0.25, 0.3) is 5.91 Å². The second-order valence-corrected chi connectivity index (χ2v) is 6.39. The Kier molecular flexibility index (Phi) is 11.0. The lowest BCUT2D eigenvalue weighted by molar-refractivity contribution is 0.0940. The van der Waals surface area contributed by atoms with Crippen molar-refractivity contribution < 1.29 is 4.79 Å². The number of nitrogens with zero attached hydrogens (tertiary/aromatic N) is 2. The van der Waals surface area contributed by atoms with E-state index in [1.807, 2.05) is 5.38 Å². The summed E-state index contributed by atoms with van der Waals surface area (Å²) >= 11 is 1.50. The van der Waals surface area contributed by atoms with Crippen LogP contribution in [-0.4, -0.2) is 48.5 Å². The largest absolute Gasteiger partial charge is 0.349 e. The molecule has 128 valence electrons. The third-order valence-corrected chi connectivity index (χ3v) is 4.64. The van der Waals surface area contributed by atoms with Crippen molar-refractivity contribution in [2.45, 2.75) is 26.2 Å². The molecule has 22 heavy (non-hydrogen) atoms. The van der Waals surface area contributed by atoms with Gasteiger partial charge in [-0.25, -0.2) is 4.98 Å². The highest BCUT2D eigenvalue weighted by atomic mass is 35.5. The minimum absolute atomic E-state index is 0. The summed E-state index contributed by atoms with van der Waals surface area (Å²) in [5.74, 6) is 0.770. The van der Waals surface area contributed by atoms with Crippen LogP contribution < -0.4 is 11.1 Å². The number of hydrogen-bond acceptors (Lipinski definition) is 5. The quantitative estimate of drug-likeness (QED) is 0.804. The van der Waals surface area contributed by atoms with Gasteiger partial charge in [-0.2, -0.15) is 0 Å². The van der Waals surface area contributed by atoms with E-state index >= 15 is 0 Å². The maximum absolute atomic E-state index is 11.9. The van der Waals surface area contributed by atoms with Gasteiger partial charge in [0.2, 0.25) is 0 Å². The van der Waals surface area contributed by atoms with E-state index in [1.54, 1.807) is 0 Å². The summed E-state index contributed by atoms with van der Waals surface area (Å²) in [5.41, 5.74) is 6.00. The smallest absolute Gasteiger partial charge is 0.270 e. The van der Waals surface area contributed by atoms with Gasteiger partial charge in [0.1, 0.15) is 5.69 Å². The van der Waals surface area contributed by atoms with Crippen LogP contribution in [0.25, 0.3) is 0 Å². The van der Waals surface area contributed by atoms with Crippen LogP contribution in [0.5, 0.6) is 0 Å². The Balaban J connectivity index is 0.00000220. The van der Waals surface area contributed by atoms with E-state index in [1.165, 1.54) is 24.2 Å². The highest BCUT2D eigenvalue weighted by molar-refractivity contribution is 7.09. The Morgan fingerprint density at radius 1 is 1.45 bits per heavy atom. The molecule has 0 atom stereocenters. The van der Waals surface area contributed by atoms with Crippen LogP contribution in [0.2, 0.25) is 0 Å². The molecule has 0 spiro atoms. The van der Waals surface area contributed by atoms with Gasteiger partial charge >= 0.3 is 0 Å². The SMILES string of the molecule is CC1CCN(CCNC(=O)c2csc(CCN)n2)CC1.Cl.Cl. The fourth-order valence-electron chi connectivity index (χ4n) is 2.36. The van der Waals surface area contributed by atoms with Crippen molar-refractivity contribution in [1.29, 1.82) is 0 Å². The Hall–Kier alpha value is -0.400. The van der Waals surface area contributed by atoms with Gasteiger partial charge in [-0.15, -0.1) is 36.2 Å². The zero-order valence-electron chi connectivity index (χ0n) is 12.9. The maximum atomic E-state index is 11.9. The number of rotatable bonds is 6. The molecule has 2 heterocycles. The summed E-state index contributed by atoms with van der Waals surface area (Å²) in [6.45, 7) is 6.79. The van der Waals surface area contributed by atoms with Gasteiger partial charge in [0.15, 0.2) is 0 Å². The normalized spacial score (nSPS) is 15.7. The van der Waals surface area contributed by atoms with Crippen LogP contribution in [-0.2, 0) is 6.42 Å². The standard InChI is InChI=1S/C14H24N4OS.2ClH/c1-11-3-7-18(8-4-11)9-6-16-14(19)12-10-20-13(17-12)2-5-15;;/h10-11H,2-9,15H2,1H3,(H,16,19);2*1H. The lowest BCUT2D eigenvalue weighted by Crippen LogP contribution is -2.39. The van der Waals surface area contributed by atoms with Gasteiger partial charge in [0, 0.05) is 24.9 Å². The summed E-state index contributed by atoms with van der Waals surface area (Å²) in [6.07, 6.45) is 3.27. The van der Waals surface area contributed by atoms with Gasteiger partial charge < -0.3 is 16.0 Å². The molecular formula is C14H26Cl2N4OS. The van der Waals surface area contributed by atoms with Gasteiger partial charge in [-0.05, 0) is 38.4 Å². The number of nitrogens with two attached hydrogens (primary N) is 1. The van der Waals surface area contributed by atoms with Crippen molar-refractivity contribution >= 4 is 42.1 Å². The zero-order chi connectivity index (χ0) is 14.4. The number of halogens is 2. The second-order valence-electron chi connectivity index (χ2n) is 5.45. The zero-order valence-corrected chi connectivity index (χ0v) is 15.4. The lowest BCUT2D eigenvalue weighted by atomic mass is 9.99. The number of hydrogen-bond donors (Lipinski definition) is 2.